The number of carbonyl (C=O) groups is 2. The number of hydrogen-bond donors (Lipinski definition) is 2. The highest BCUT2D eigenvalue weighted by Crippen LogP contribution is 2.01. The number of hydrogen-bond acceptors (Lipinski definition) is 3. The van der Waals surface area contributed by atoms with E-state index < -0.39 is 5.97 Å². The number of aromatic carboxylic acids is 1. The summed E-state index contributed by atoms with van der Waals surface area (Å²) in [6.07, 6.45) is 1.58. The van der Waals surface area contributed by atoms with E-state index in [2.05, 4.69) is 5.32 Å². The molecule has 1 unspecified atom stereocenters. The molecule has 1 heterocycles. The predicted octanol–water partition coefficient (Wildman–Crippen LogP) is 0.253. The van der Waals surface area contributed by atoms with Gasteiger partial charge in [-0.1, -0.05) is 0 Å². The molecule has 1 aromatic heterocycles. The molecule has 0 bridgehead atoms. The molecule has 2 N–H and O–H groups in total. The van der Waals surface area contributed by atoms with Crippen LogP contribution in [-0.4, -0.2) is 53.1 Å². The maximum absolute atomic E-state index is 11.7. The van der Waals surface area contributed by atoms with E-state index in [1.165, 1.54) is 10.6 Å². The quantitative estimate of drug-likeness (QED) is 0.762. The number of carbonyl (C=O) groups excluding carboxylic acids is 1. The third kappa shape index (κ3) is 3.89. The Balaban J connectivity index is 2.50. The van der Waals surface area contributed by atoms with Crippen LogP contribution in [0, 0.1) is 0 Å². The largest absolute Gasteiger partial charge is 0.477 e. The molecule has 0 saturated carbocycles. The van der Waals surface area contributed by atoms with Crippen LogP contribution in [0.4, 0.5) is 0 Å². The van der Waals surface area contributed by atoms with Gasteiger partial charge in [0.15, 0.2) is 0 Å². The van der Waals surface area contributed by atoms with E-state index in [9.17, 15) is 9.59 Å². The highest BCUT2D eigenvalue weighted by Gasteiger charge is 2.12. The van der Waals surface area contributed by atoms with Gasteiger partial charge in [-0.25, -0.2) is 4.79 Å². The smallest absolute Gasteiger partial charge is 0.352 e. The normalized spacial score (nSPS) is 12.4. The number of carboxylic acid groups (broad SMARTS) is 1. The van der Waals surface area contributed by atoms with Crippen LogP contribution >= 0.6 is 0 Å². The van der Waals surface area contributed by atoms with Crippen molar-refractivity contribution >= 4 is 11.9 Å². The molecule has 0 fully saturated rings. The fourth-order valence-corrected chi connectivity index (χ4v) is 1.40. The fraction of sp³-hybridized carbons (Fsp3) is 0.500. The Morgan fingerprint density at radius 1 is 1.50 bits per heavy atom. The van der Waals surface area contributed by atoms with Gasteiger partial charge in [0.2, 0.25) is 5.91 Å². The summed E-state index contributed by atoms with van der Waals surface area (Å²) in [6, 6.07) is 3.31. The first-order valence-electron chi connectivity index (χ1n) is 5.73. The van der Waals surface area contributed by atoms with E-state index >= 15 is 0 Å². The molecule has 6 nitrogen and oxygen atoms in total. The van der Waals surface area contributed by atoms with Gasteiger partial charge in [-0.2, -0.15) is 0 Å². The fourth-order valence-electron chi connectivity index (χ4n) is 1.40. The minimum atomic E-state index is -1.03. The van der Waals surface area contributed by atoms with Gasteiger partial charge in [0, 0.05) is 18.8 Å². The Morgan fingerprint density at radius 3 is 2.72 bits per heavy atom. The van der Waals surface area contributed by atoms with E-state index in [1.807, 2.05) is 25.9 Å². The molecule has 100 valence electrons. The van der Waals surface area contributed by atoms with Crippen molar-refractivity contribution in [3.05, 3.63) is 24.0 Å². The molecule has 0 aromatic carbocycles. The number of rotatable bonds is 6. The molecule has 1 rings (SSSR count). The number of carboxylic acids is 1. The van der Waals surface area contributed by atoms with Crippen LogP contribution in [0.5, 0.6) is 0 Å². The van der Waals surface area contributed by atoms with Crippen LogP contribution < -0.4 is 5.32 Å². The lowest BCUT2D eigenvalue weighted by Gasteiger charge is -2.20. The summed E-state index contributed by atoms with van der Waals surface area (Å²) < 4.78 is 1.41. The van der Waals surface area contributed by atoms with Gasteiger partial charge in [0.25, 0.3) is 0 Å². The average molecular weight is 253 g/mol. The number of amides is 1. The molecule has 0 saturated heterocycles. The lowest BCUT2D eigenvalue weighted by atomic mass is 10.3. The van der Waals surface area contributed by atoms with Crippen molar-refractivity contribution in [2.24, 2.45) is 0 Å². The van der Waals surface area contributed by atoms with Crippen LogP contribution in [0.25, 0.3) is 0 Å². The van der Waals surface area contributed by atoms with Crippen molar-refractivity contribution in [3.8, 4) is 0 Å². The molecular formula is C12H19N3O3. The van der Waals surface area contributed by atoms with Crippen molar-refractivity contribution in [2.45, 2.75) is 19.5 Å². The van der Waals surface area contributed by atoms with Crippen molar-refractivity contribution < 1.29 is 14.7 Å². The van der Waals surface area contributed by atoms with Crippen LogP contribution in [0.2, 0.25) is 0 Å². The number of nitrogens with zero attached hydrogens (tertiary/aromatic N) is 2. The Kier molecular flexibility index (Phi) is 4.91. The summed E-state index contributed by atoms with van der Waals surface area (Å²) in [5, 5.41) is 11.7. The average Bonchev–Trinajstić information content (AvgIpc) is 2.73. The zero-order chi connectivity index (χ0) is 13.7. The number of likely N-dealkylation sites (N-methyl/N-ethyl adjacent to an activating group) is 1. The Labute approximate surface area is 106 Å². The van der Waals surface area contributed by atoms with Gasteiger partial charge in [-0.3, -0.25) is 4.79 Å². The minimum absolute atomic E-state index is 0.0226. The summed E-state index contributed by atoms with van der Waals surface area (Å²) in [5.41, 5.74) is 0.116. The van der Waals surface area contributed by atoms with E-state index in [0.29, 0.717) is 6.54 Å². The minimum Gasteiger partial charge on any atom is -0.477 e. The highest BCUT2D eigenvalue weighted by atomic mass is 16.4. The van der Waals surface area contributed by atoms with Crippen LogP contribution in [0.1, 0.15) is 17.4 Å². The summed E-state index contributed by atoms with van der Waals surface area (Å²) >= 11 is 0. The second-order valence-corrected chi connectivity index (χ2v) is 4.44. The first kappa shape index (κ1) is 14.2. The highest BCUT2D eigenvalue weighted by molar-refractivity contribution is 5.86. The van der Waals surface area contributed by atoms with Gasteiger partial charge in [0.05, 0.1) is 0 Å². The van der Waals surface area contributed by atoms with E-state index in [1.54, 1.807) is 12.3 Å². The predicted molar refractivity (Wildman–Crippen MR) is 67.6 cm³/mol. The van der Waals surface area contributed by atoms with Crippen molar-refractivity contribution in [2.75, 3.05) is 20.6 Å². The van der Waals surface area contributed by atoms with Gasteiger partial charge in [-0.15, -0.1) is 0 Å². The molecule has 0 aliphatic carbocycles. The lowest BCUT2D eigenvalue weighted by Crippen LogP contribution is -2.39. The van der Waals surface area contributed by atoms with Gasteiger partial charge >= 0.3 is 5.97 Å². The molecule has 0 radical (unpaired) electrons. The topological polar surface area (TPSA) is 74.6 Å². The molecular weight excluding hydrogens is 234 g/mol. The second-order valence-electron chi connectivity index (χ2n) is 4.44. The van der Waals surface area contributed by atoms with E-state index in [0.717, 1.165) is 0 Å². The van der Waals surface area contributed by atoms with Gasteiger partial charge < -0.3 is 19.9 Å². The van der Waals surface area contributed by atoms with Crippen molar-refractivity contribution in [1.82, 2.24) is 14.8 Å². The Bertz CT molecular complexity index is 426. The zero-order valence-electron chi connectivity index (χ0n) is 10.9. The maximum Gasteiger partial charge on any atom is 0.352 e. The SMILES string of the molecule is CC(CNC(=O)Cn1cccc1C(=O)O)N(C)C. The Morgan fingerprint density at radius 2 is 2.17 bits per heavy atom. The monoisotopic (exact) mass is 253 g/mol. The van der Waals surface area contributed by atoms with Crippen LogP contribution in [-0.2, 0) is 11.3 Å². The second kappa shape index (κ2) is 6.20. The van der Waals surface area contributed by atoms with Gasteiger partial charge in [-0.05, 0) is 33.2 Å². The molecule has 0 aliphatic rings. The Hall–Kier alpha value is -1.82. The summed E-state index contributed by atoms with van der Waals surface area (Å²) in [4.78, 5) is 24.5. The molecule has 1 amide bonds. The molecule has 0 spiro atoms. The van der Waals surface area contributed by atoms with Crippen molar-refractivity contribution in [1.29, 1.82) is 0 Å². The van der Waals surface area contributed by atoms with Gasteiger partial charge in [0.1, 0.15) is 12.2 Å². The first-order valence-corrected chi connectivity index (χ1v) is 5.73. The standard InChI is InChI=1S/C12H19N3O3/c1-9(14(2)3)7-13-11(16)8-15-6-4-5-10(15)12(17)18/h4-6,9H,7-8H2,1-3H3,(H,13,16)(H,17,18). The van der Waals surface area contributed by atoms with E-state index in [-0.39, 0.29) is 24.2 Å². The van der Waals surface area contributed by atoms with Crippen LogP contribution in [0.3, 0.4) is 0 Å². The number of nitrogens with one attached hydrogen (secondary N) is 1. The van der Waals surface area contributed by atoms with Crippen molar-refractivity contribution in [3.63, 3.8) is 0 Å². The summed E-state index contributed by atoms with van der Waals surface area (Å²) in [6.45, 7) is 2.56. The molecule has 1 aromatic rings. The maximum atomic E-state index is 11.7. The third-order valence-electron chi connectivity index (χ3n) is 2.84. The molecule has 6 heteroatoms. The number of aromatic nitrogens is 1. The third-order valence-corrected chi connectivity index (χ3v) is 2.84. The summed E-state index contributed by atoms with van der Waals surface area (Å²) in [7, 11) is 3.87. The van der Waals surface area contributed by atoms with Crippen LogP contribution in [0.15, 0.2) is 18.3 Å². The molecule has 1 atom stereocenters. The molecule has 18 heavy (non-hydrogen) atoms. The zero-order valence-corrected chi connectivity index (χ0v) is 10.9. The first-order chi connectivity index (χ1) is 8.41. The summed E-state index contributed by atoms with van der Waals surface area (Å²) in [5.74, 6) is -1.23. The molecule has 0 aliphatic heterocycles. The lowest BCUT2D eigenvalue weighted by molar-refractivity contribution is -0.121. The van der Waals surface area contributed by atoms with E-state index in [4.69, 9.17) is 5.11 Å².